The minimum atomic E-state index is -3.77. The second kappa shape index (κ2) is 11.7. The minimum absolute atomic E-state index is 0.138. The first-order valence-corrected chi connectivity index (χ1v) is 13.1. The number of amides is 2. The fourth-order valence-corrected chi connectivity index (χ4v) is 4.85. The Morgan fingerprint density at radius 1 is 1.09 bits per heavy atom. The van der Waals surface area contributed by atoms with Gasteiger partial charge in [-0.1, -0.05) is 42.8 Å². The summed E-state index contributed by atoms with van der Waals surface area (Å²) in [5.41, 5.74) is 1.12. The first-order chi connectivity index (χ1) is 15.1. The zero-order valence-electron chi connectivity index (χ0n) is 18.2. The zero-order valence-corrected chi connectivity index (χ0v) is 21.4. The highest BCUT2D eigenvalue weighted by atomic mass is 79.9. The summed E-state index contributed by atoms with van der Waals surface area (Å²) < 4.78 is 26.7. The number of benzene rings is 2. The second-order valence-corrected chi connectivity index (χ2v) is 10.4. The lowest BCUT2D eigenvalue weighted by atomic mass is 10.1. The fourth-order valence-electron chi connectivity index (χ4n) is 3.25. The van der Waals surface area contributed by atoms with Crippen LogP contribution in [0.2, 0.25) is 5.02 Å². The second-order valence-electron chi connectivity index (χ2n) is 7.19. The molecule has 32 heavy (non-hydrogen) atoms. The topological polar surface area (TPSA) is 86.8 Å². The molecule has 0 saturated heterocycles. The van der Waals surface area contributed by atoms with Gasteiger partial charge >= 0.3 is 0 Å². The number of nitrogens with zero attached hydrogens (tertiary/aromatic N) is 2. The molecule has 0 aliphatic carbocycles. The van der Waals surface area contributed by atoms with Gasteiger partial charge in [0.25, 0.3) is 0 Å². The van der Waals surface area contributed by atoms with Crippen molar-refractivity contribution in [3.05, 3.63) is 63.6 Å². The molecule has 0 unspecified atom stereocenters. The highest BCUT2D eigenvalue weighted by molar-refractivity contribution is 9.10. The predicted octanol–water partition coefficient (Wildman–Crippen LogP) is 3.81. The molecule has 1 atom stereocenters. The van der Waals surface area contributed by atoms with E-state index in [0.717, 1.165) is 16.1 Å². The Kier molecular flexibility index (Phi) is 9.54. The number of halogens is 2. The third kappa shape index (κ3) is 6.95. The number of anilines is 1. The van der Waals surface area contributed by atoms with Crippen molar-refractivity contribution in [1.29, 1.82) is 0 Å². The lowest BCUT2D eigenvalue weighted by molar-refractivity contribution is -0.140. The van der Waals surface area contributed by atoms with Gasteiger partial charge in [-0.3, -0.25) is 13.9 Å². The number of carbonyl (C=O) groups excluding carboxylic acids is 2. The number of rotatable bonds is 10. The fraction of sp³-hybridized carbons (Fsp3) is 0.364. The summed E-state index contributed by atoms with van der Waals surface area (Å²) in [4.78, 5) is 27.6. The lowest BCUT2D eigenvalue weighted by Crippen LogP contribution is -2.52. The summed E-state index contributed by atoms with van der Waals surface area (Å²) in [6.45, 7) is 3.73. The van der Waals surface area contributed by atoms with Crippen molar-refractivity contribution in [2.45, 2.75) is 32.9 Å². The van der Waals surface area contributed by atoms with Gasteiger partial charge in [-0.2, -0.15) is 0 Å². The van der Waals surface area contributed by atoms with E-state index < -0.39 is 28.5 Å². The van der Waals surface area contributed by atoms with Crippen molar-refractivity contribution in [1.82, 2.24) is 10.2 Å². The maximum atomic E-state index is 13.5. The Balaban J connectivity index is 2.43. The molecule has 0 fully saturated rings. The van der Waals surface area contributed by atoms with Gasteiger partial charge in [0.05, 0.1) is 11.9 Å². The maximum Gasteiger partial charge on any atom is 0.244 e. The predicted molar refractivity (Wildman–Crippen MR) is 131 cm³/mol. The van der Waals surface area contributed by atoms with E-state index in [-0.39, 0.29) is 12.5 Å². The molecule has 7 nitrogen and oxygen atoms in total. The summed E-state index contributed by atoms with van der Waals surface area (Å²) >= 11 is 9.33. The van der Waals surface area contributed by atoms with Crippen LogP contribution in [0.4, 0.5) is 5.69 Å². The first-order valence-electron chi connectivity index (χ1n) is 10.1. The Morgan fingerprint density at radius 2 is 1.72 bits per heavy atom. The Bertz CT molecular complexity index is 1050. The molecule has 174 valence electrons. The molecule has 2 rings (SSSR count). The Labute approximate surface area is 202 Å². The molecule has 0 aliphatic heterocycles. The van der Waals surface area contributed by atoms with Crippen LogP contribution in [-0.4, -0.2) is 50.5 Å². The van der Waals surface area contributed by atoms with Crippen LogP contribution in [-0.2, 0) is 26.2 Å². The number of nitrogens with one attached hydrogen (secondary N) is 1. The van der Waals surface area contributed by atoms with Gasteiger partial charge in [0.2, 0.25) is 21.8 Å². The van der Waals surface area contributed by atoms with Crippen molar-refractivity contribution >= 4 is 55.1 Å². The largest absolute Gasteiger partial charge is 0.355 e. The summed E-state index contributed by atoms with van der Waals surface area (Å²) in [5, 5.41) is 3.31. The SMILES string of the molecule is CCNC(=O)[C@H](CC)N(Cc1ccc(Cl)cc1)C(=O)CN(c1ccccc1Br)S(C)(=O)=O. The molecule has 1 N–H and O–H groups in total. The van der Waals surface area contributed by atoms with Crippen molar-refractivity contribution in [3.8, 4) is 0 Å². The zero-order chi connectivity index (χ0) is 23.9. The highest BCUT2D eigenvalue weighted by Gasteiger charge is 2.31. The van der Waals surface area contributed by atoms with Crippen LogP contribution in [0.5, 0.6) is 0 Å². The van der Waals surface area contributed by atoms with E-state index in [1.54, 1.807) is 55.5 Å². The number of hydrogen-bond donors (Lipinski definition) is 1. The quantitative estimate of drug-likeness (QED) is 0.493. The monoisotopic (exact) mass is 543 g/mol. The molecule has 2 aromatic carbocycles. The average molecular weight is 545 g/mol. The van der Waals surface area contributed by atoms with E-state index in [1.165, 1.54) is 4.90 Å². The number of sulfonamides is 1. The first kappa shape index (κ1) is 26.2. The van der Waals surface area contributed by atoms with Gasteiger partial charge in [0.1, 0.15) is 12.6 Å². The van der Waals surface area contributed by atoms with Crippen LogP contribution in [0.15, 0.2) is 53.0 Å². The van der Waals surface area contributed by atoms with E-state index in [1.807, 2.05) is 6.92 Å². The van der Waals surface area contributed by atoms with E-state index >= 15 is 0 Å². The molecular weight excluding hydrogens is 518 g/mol. The molecule has 0 aliphatic rings. The standard InChI is InChI=1S/C22H27BrClN3O4S/c1-4-19(22(29)25-5-2)26(14-16-10-12-17(24)13-11-16)21(28)15-27(32(3,30)31)20-9-7-6-8-18(20)23/h6-13,19H,4-5,14-15H2,1-3H3,(H,25,29)/t19-/m0/s1. The van der Waals surface area contributed by atoms with Crippen molar-refractivity contribution < 1.29 is 18.0 Å². The van der Waals surface area contributed by atoms with Crippen LogP contribution >= 0.6 is 27.5 Å². The van der Waals surface area contributed by atoms with E-state index in [4.69, 9.17) is 11.6 Å². The van der Waals surface area contributed by atoms with Gasteiger partial charge in [0, 0.05) is 22.6 Å². The van der Waals surface area contributed by atoms with E-state index in [2.05, 4.69) is 21.2 Å². The van der Waals surface area contributed by atoms with Crippen molar-refractivity contribution in [2.24, 2.45) is 0 Å². The van der Waals surface area contributed by atoms with Gasteiger partial charge in [-0.05, 0) is 59.1 Å². The van der Waals surface area contributed by atoms with Crippen LogP contribution in [0.25, 0.3) is 0 Å². The number of carbonyl (C=O) groups is 2. The third-order valence-electron chi connectivity index (χ3n) is 4.80. The molecular formula is C22H27BrClN3O4S. The van der Waals surface area contributed by atoms with E-state index in [0.29, 0.717) is 28.1 Å². The van der Waals surface area contributed by atoms with E-state index in [9.17, 15) is 18.0 Å². The van der Waals surface area contributed by atoms with Crippen LogP contribution in [0, 0.1) is 0 Å². The third-order valence-corrected chi connectivity index (χ3v) is 6.85. The normalized spacial score (nSPS) is 12.2. The molecule has 0 heterocycles. The van der Waals surface area contributed by atoms with Crippen molar-refractivity contribution in [3.63, 3.8) is 0 Å². The summed E-state index contributed by atoms with van der Waals surface area (Å²) in [5.74, 6) is -0.775. The highest BCUT2D eigenvalue weighted by Crippen LogP contribution is 2.28. The molecule has 2 amide bonds. The van der Waals surface area contributed by atoms with Crippen LogP contribution < -0.4 is 9.62 Å². The number of para-hydroxylation sites is 1. The number of likely N-dealkylation sites (N-methyl/N-ethyl adjacent to an activating group) is 1. The molecule has 0 bridgehead atoms. The Hall–Kier alpha value is -2.10. The molecule has 0 spiro atoms. The van der Waals surface area contributed by atoms with Gasteiger partial charge < -0.3 is 10.2 Å². The molecule has 0 aromatic heterocycles. The van der Waals surface area contributed by atoms with Crippen LogP contribution in [0.1, 0.15) is 25.8 Å². The molecule has 0 radical (unpaired) electrons. The lowest BCUT2D eigenvalue weighted by Gasteiger charge is -2.33. The van der Waals surface area contributed by atoms with Crippen LogP contribution in [0.3, 0.4) is 0 Å². The van der Waals surface area contributed by atoms with Crippen molar-refractivity contribution in [2.75, 3.05) is 23.7 Å². The Morgan fingerprint density at radius 3 is 2.25 bits per heavy atom. The summed E-state index contributed by atoms with van der Waals surface area (Å²) in [6, 6.07) is 13.0. The molecule has 2 aromatic rings. The maximum absolute atomic E-state index is 13.5. The average Bonchev–Trinajstić information content (AvgIpc) is 2.73. The van der Waals surface area contributed by atoms with Gasteiger partial charge in [-0.25, -0.2) is 8.42 Å². The smallest absolute Gasteiger partial charge is 0.244 e. The van der Waals surface area contributed by atoms with Gasteiger partial charge in [0.15, 0.2) is 0 Å². The summed E-state index contributed by atoms with van der Waals surface area (Å²) in [7, 11) is -3.77. The molecule has 0 saturated carbocycles. The van der Waals surface area contributed by atoms with Gasteiger partial charge in [-0.15, -0.1) is 0 Å². The minimum Gasteiger partial charge on any atom is -0.355 e. The summed E-state index contributed by atoms with van der Waals surface area (Å²) in [6.07, 6.45) is 1.42. The molecule has 10 heteroatoms. The number of hydrogen-bond acceptors (Lipinski definition) is 4.